The van der Waals surface area contributed by atoms with Gasteiger partial charge in [-0.2, -0.15) is 4.98 Å². The molecule has 76 valence electrons. The average Bonchev–Trinajstić information content (AvgIpc) is 2.12. The molecule has 0 aromatic carbocycles. The standard InChI is InChI=1S/C9H11Cl2N3/c1-3-4-6(2)13-8-7(10)5-12-9(11)14-8/h3,5-6H,1,4H2,2H3,(H,12,13,14). The number of nitrogens with zero attached hydrogens (tertiary/aromatic N) is 2. The first-order valence-corrected chi connectivity index (χ1v) is 4.94. The smallest absolute Gasteiger partial charge is 0.224 e. The molecule has 1 atom stereocenters. The molecular formula is C9H11Cl2N3. The van der Waals surface area contributed by atoms with Crippen LogP contribution in [0, 0.1) is 0 Å². The van der Waals surface area contributed by atoms with Gasteiger partial charge in [0.2, 0.25) is 5.28 Å². The number of hydrogen-bond acceptors (Lipinski definition) is 3. The van der Waals surface area contributed by atoms with E-state index < -0.39 is 0 Å². The van der Waals surface area contributed by atoms with E-state index in [0.717, 1.165) is 6.42 Å². The summed E-state index contributed by atoms with van der Waals surface area (Å²) in [5, 5.41) is 3.76. The van der Waals surface area contributed by atoms with Crippen LogP contribution in [0.15, 0.2) is 18.9 Å². The molecule has 0 bridgehead atoms. The van der Waals surface area contributed by atoms with Gasteiger partial charge in [0.1, 0.15) is 10.8 Å². The van der Waals surface area contributed by atoms with Crippen molar-refractivity contribution in [2.75, 3.05) is 5.32 Å². The Balaban J connectivity index is 2.74. The van der Waals surface area contributed by atoms with Gasteiger partial charge in [-0.25, -0.2) is 4.98 Å². The quantitative estimate of drug-likeness (QED) is 0.640. The van der Waals surface area contributed by atoms with Crippen LogP contribution in [-0.2, 0) is 0 Å². The zero-order valence-electron chi connectivity index (χ0n) is 7.80. The van der Waals surface area contributed by atoms with Crippen molar-refractivity contribution in [2.24, 2.45) is 0 Å². The lowest BCUT2D eigenvalue weighted by Gasteiger charge is -2.12. The van der Waals surface area contributed by atoms with Crippen LogP contribution in [-0.4, -0.2) is 16.0 Å². The third-order valence-corrected chi connectivity index (χ3v) is 2.08. The Labute approximate surface area is 93.2 Å². The highest BCUT2D eigenvalue weighted by Gasteiger charge is 2.06. The van der Waals surface area contributed by atoms with Gasteiger partial charge in [0, 0.05) is 6.04 Å². The molecule has 0 aliphatic carbocycles. The van der Waals surface area contributed by atoms with Crippen LogP contribution in [0.4, 0.5) is 5.82 Å². The Bertz CT molecular complexity index is 328. The summed E-state index contributed by atoms with van der Waals surface area (Å²) >= 11 is 11.5. The normalized spacial score (nSPS) is 12.2. The molecule has 5 heteroatoms. The molecule has 0 aliphatic heterocycles. The predicted octanol–water partition coefficient (Wildman–Crippen LogP) is 3.16. The fourth-order valence-electron chi connectivity index (χ4n) is 0.989. The maximum Gasteiger partial charge on any atom is 0.224 e. The fraction of sp³-hybridized carbons (Fsp3) is 0.333. The van der Waals surface area contributed by atoms with Crippen LogP contribution in [0.25, 0.3) is 0 Å². The molecule has 1 unspecified atom stereocenters. The molecule has 0 saturated heterocycles. The van der Waals surface area contributed by atoms with E-state index in [9.17, 15) is 0 Å². The Morgan fingerprint density at radius 2 is 2.36 bits per heavy atom. The highest BCUT2D eigenvalue weighted by Crippen LogP contribution is 2.20. The van der Waals surface area contributed by atoms with Gasteiger partial charge in [-0.1, -0.05) is 17.7 Å². The number of hydrogen-bond donors (Lipinski definition) is 1. The molecule has 1 heterocycles. The first-order chi connectivity index (χ1) is 6.63. The van der Waals surface area contributed by atoms with E-state index in [1.54, 1.807) is 0 Å². The zero-order valence-corrected chi connectivity index (χ0v) is 9.31. The number of aromatic nitrogens is 2. The van der Waals surface area contributed by atoms with E-state index in [1.165, 1.54) is 6.20 Å². The molecule has 0 radical (unpaired) electrons. The summed E-state index contributed by atoms with van der Waals surface area (Å²) in [7, 11) is 0. The SMILES string of the molecule is C=CCC(C)Nc1nc(Cl)ncc1Cl. The Morgan fingerprint density at radius 1 is 1.64 bits per heavy atom. The van der Waals surface area contributed by atoms with Crippen molar-refractivity contribution in [3.8, 4) is 0 Å². The number of nitrogens with one attached hydrogen (secondary N) is 1. The minimum absolute atomic E-state index is 0.183. The summed E-state index contributed by atoms with van der Waals surface area (Å²) in [6.45, 7) is 5.66. The van der Waals surface area contributed by atoms with Gasteiger partial charge in [0.25, 0.3) is 0 Å². The van der Waals surface area contributed by atoms with Gasteiger partial charge in [-0.05, 0) is 24.9 Å². The molecule has 1 aromatic rings. The van der Waals surface area contributed by atoms with Gasteiger partial charge in [-0.15, -0.1) is 6.58 Å². The van der Waals surface area contributed by atoms with E-state index in [0.29, 0.717) is 10.8 Å². The monoisotopic (exact) mass is 231 g/mol. The maximum atomic E-state index is 5.87. The summed E-state index contributed by atoms with van der Waals surface area (Å²) < 4.78 is 0. The van der Waals surface area contributed by atoms with E-state index in [2.05, 4.69) is 21.9 Å². The van der Waals surface area contributed by atoms with Crippen LogP contribution < -0.4 is 5.32 Å². The van der Waals surface area contributed by atoms with Crippen molar-refractivity contribution in [3.05, 3.63) is 29.2 Å². The van der Waals surface area contributed by atoms with Crippen LogP contribution >= 0.6 is 23.2 Å². The molecule has 3 nitrogen and oxygen atoms in total. The molecule has 14 heavy (non-hydrogen) atoms. The summed E-state index contributed by atoms with van der Waals surface area (Å²) in [5.41, 5.74) is 0. The largest absolute Gasteiger partial charge is 0.366 e. The minimum atomic E-state index is 0.183. The lowest BCUT2D eigenvalue weighted by molar-refractivity contribution is 0.806. The van der Waals surface area contributed by atoms with E-state index in [-0.39, 0.29) is 11.3 Å². The zero-order chi connectivity index (χ0) is 10.6. The third-order valence-electron chi connectivity index (χ3n) is 1.62. The van der Waals surface area contributed by atoms with Gasteiger partial charge in [-0.3, -0.25) is 0 Å². The van der Waals surface area contributed by atoms with Gasteiger partial charge < -0.3 is 5.32 Å². The first-order valence-electron chi connectivity index (χ1n) is 4.19. The van der Waals surface area contributed by atoms with Gasteiger partial charge >= 0.3 is 0 Å². The highest BCUT2D eigenvalue weighted by molar-refractivity contribution is 6.33. The summed E-state index contributed by atoms with van der Waals surface area (Å²) in [4.78, 5) is 7.73. The summed E-state index contributed by atoms with van der Waals surface area (Å²) in [6, 6.07) is 0.218. The lowest BCUT2D eigenvalue weighted by atomic mass is 10.2. The van der Waals surface area contributed by atoms with Crippen molar-refractivity contribution >= 4 is 29.0 Å². The fourth-order valence-corrected chi connectivity index (χ4v) is 1.27. The second kappa shape index (κ2) is 5.17. The molecule has 0 amide bonds. The van der Waals surface area contributed by atoms with Crippen LogP contribution in [0.2, 0.25) is 10.3 Å². The van der Waals surface area contributed by atoms with E-state index in [1.807, 2.05) is 13.0 Å². The maximum absolute atomic E-state index is 5.87. The number of anilines is 1. The van der Waals surface area contributed by atoms with E-state index >= 15 is 0 Å². The molecule has 0 fully saturated rings. The van der Waals surface area contributed by atoms with E-state index in [4.69, 9.17) is 23.2 Å². The van der Waals surface area contributed by atoms with Gasteiger partial charge in [0.15, 0.2) is 0 Å². The molecule has 0 saturated carbocycles. The molecule has 0 aliphatic rings. The van der Waals surface area contributed by atoms with Gasteiger partial charge in [0.05, 0.1) is 6.20 Å². The van der Waals surface area contributed by atoms with Crippen molar-refractivity contribution in [1.29, 1.82) is 0 Å². The number of rotatable bonds is 4. The number of halogens is 2. The highest BCUT2D eigenvalue weighted by atomic mass is 35.5. The Hall–Kier alpha value is -0.800. The first kappa shape index (κ1) is 11.3. The topological polar surface area (TPSA) is 37.8 Å². The minimum Gasteiger partial charge on any atom is -0.366 e. The van der Waals surface area contributed by atoms with Crippen LogP contribution in [0.3, 0.4) is 0 Å². The van der Waals surface area contributed by atoms with Crippen molar-refractivity contribution < 1.29 is 0 Å². The van der Waals surface area contributed by atoms with Crippen molar-refractivity contribution in [3.63, 3.8) is 0 Å². The second-order valence-corrected chi connectivity index (χ2v) is 3.65. The third kappa shape index (κ3) is 3.16. The van der Waals surface area contributed by atoms with Crippen molar-refractivity contribution in [1.82, 2.24) is 9.97 Å². The Kier molecular flexibility index (Phi) is 4.17. The Morgan fingerprint density at radius 3 is 3.00 bits per heavy atom. The van der Waals surface area contributed by atoms with Crippen molar-refractivity contribution in [2.45, 2.75) is 19.4 Å². The molecule has 1 rings (SSSR count). The molecule has 1 N–H and O–H groups in total. The second-order valence-electron chi connectivity index (χ2n) is 2.91. The van der Waals surface area contributed by atoms with Crippen LogP contribution in [0.5, 0.6) is 0 Å². The average molecular weight is 232 g/mol. The molecule has 1 aromatic heterocycles. The predicted molar refractivity (Wildman–Crippen MR) is 60.0 cm³/mol. The van der Waals surface area contributed by atoms with Crippen LogP contribution in [0.1, 0.15) is 13.3 Å². The summed E-state index contributed by atoms with van der Waals surface area (Å²) in [5.74, 6) is 0.556. The summed E-state index contributed by atoms with van der Waals surface area (Å²) in [6.07, 6.45) is 4.13. The lowest BCUT2D eigenvalue weighted by Crippen LogP contribution is -2.15. The molecular weight excluding hydrogens is 221 g/mol. The molecule has 0 spiro atoms.